The van der Waals surface area contributed by atoms with Crippen LogP contribution < -0.4 is 4.72 Å². The highest BCUT2D eigenvalue weighted by atomic mass is 32.2. The monoisotopic (exact) mass is 320 g/mol. The van der Waals surface area contributed by atoms with Gasteiger partial charge in [0.15, 0.2) is 0 Å². The van der Waals surface area contributed by atoms with Gasteiger partial charge in [-0.15, -0.1) is 0 Å². The molecule has 3 rings (SSSR count). The third-order valence-corrected chi connectivity index (χ3v) is 5.41. The van der Waals surface area contributed by atoms with Gasteiger partial charge >= 0.3 is 0 Å². The van der Waals surface area contributed by atoms with Crippen LogP contribution in [0.15, 0.2) is 58.0 Å². The summed E-state index contributed by atoms with van der Waals surface area (Å²) in [7, 11) is -3.49. The third-order valence-electron chi connectivity index (χ3n) is 3.97. The lowest BCUT2D eigenvalue weighted by atomic mass is 10.2. The van der Waals surface area contributed by atoms with Gasteiger partial charge in [-0.1, -0.05) is 18.2 Å². The Morgan fingerprint density at radius 3 is 2.45 bits per heavy atom. The Bertz CT molecular complexity index is 677. The summed E-state index contributed by atoms with van der Waals surface area (Å²) >= 11 is 0. The highest BCUT2D eigenvalue weighted by Gasteiger charge is 2.27. The maximum Gasteiger partial charge on any atom is 0.240 e. The molecule has 0 aliphatic carbocycles. The van der Waals surface area contributed by atoms with E-state index in [1.807, 2.05) is 12.1 Å². The normalized spacial score (nSPS) is 17.6. The molecule has 1 saturated heterocycles. The van der Waals surface area contributed by atoms with Crippen molar-refractivity contribution in [3.05, 3.63) is 54.5 Å². The number of likely N-dealkylation sites (tertiary alicyclic amines) is 1. The van der Waals surface area contributed by atoms with Gasteiger partial charge in [-0.2, -0.15) is 0 Å². The van der Waals surface area contributed by atoms with Gasteiger partial charge in [-0.3, -0.25) is 4.90 Å². The Labute approximate surface area is 131 Å². The molecule has 1 atom stereocenters. The molecule has 0 spiro atoms. The summed E-state index contributed by atoms with van der Waals surface area (Å²) in [6.07, 6.45) is 3.91. The fourth-order valence-electron chi connectivity index (χ4n) is 2.82. The van der Waals surface area contributed by atoms with E-state index in [4.69, 9.17) is 4.42 Å². The van der Waals surface area contributed by atoms with Crippen molar-refractivity contribution in [2.45, 2.75) is 23.8 Å². The molecule has 6 heteroatoms. The van der Waals surface area contributed by atoms with Gasteiger partial charge in [0.25, 0.3) is 0 Å². The molecule has 22 heavy (non-hydrogen) atoms. The van der Waals surface area contributed by atoms with Crippen molar-refractivity contribution in [2.75, 3.05) is 19.6 Å². The van der Waals surface area contributed by atoms with E-state index in [-0.39, 0.29) is 10.9 Å². The predicted octanol–water partition coefficient (Wildman–Crippen LogP) is 2.40. The van der Waals surface area contributed by atoms with Gasteiger partial charge in [-0.05, 0) is 50.2 Å². The van der Waals surface area contributed by atoms with Crippen LogP contribution in [0.3, 0.4) is 0 Å². The second-order valence-electron chi connectivity index (χ2n) is 5.44. The van der Waals surface area contributed by atoms with Crippen LogP contribution in [0.4, 0.5) is 0 Å². The van der Waals surface area contributed by atoms with E-state index < -0.39 is 10.0 Å². The SMILES string of the molecule is O=S(=O)(NC[C@@H](c1ccco1)N1CCCC1)c1ccccc1. The Kier molecular flexibility index (Phi) is 4.61. The first-order chi connectivity index (χ1) is 10.7. The Hall–Kier alpha value is -1.63. The minimum absolute atomic E-state index is 0.0593. The molecule has 1 aliphatic rings. The summed E-state index contributed by atoms with van der Waals surface area (Å²) in [5.41, 5.74) is 0. The Morgan fingerprint density at radius 2 is 1.82 bits per heavy atom. The molecule has 0 saturated carbocycles. The zero-order valence-corrected chi connectivity index (χ0v) is 13.1. The molecule has 1 aromatic heterocycles. The molecule has 1 aliphatic heterocycles. The summed E-state index contributed by atoms with van der Waals surface area (Å²) in [5, 5.41) is 0. The van der Waals surface area contributed by atoms with Crippen LogP contribution in [0.25, 0.3) is 0 Å². The summed E-state index contributed by atoms with van der Waals surface area (Å²) in [5.74, 6) is 0.803. The topological polar surface area (TPSA) is 62.6 Å². The second-order valence-corrected chi connectivity index (χ2v) is 7.21. The van der Waals surface area contributed by atoms with E-state index in [1.165, 1.54) is 0 Å². The van der Waals surface area contributed by atoms with Crippen LogP contribution in [0.2, 0.25) is 0 Å². The highest BCUT2D eigenvalue weighted by Crippen LogP contribution is 2.25. The summed E-state index contributed by atoms with van der Waals surface area (Å²) in [4.78, 5) is 2.56. The number of benzene rings is 1. The van der Waals surface area contributed by atoms with Gasteiger partial charge in [0.05, 0.1) is 17.2 Å². The van der Waals surface area contributed by atoms with E-state index in [1.54, 1.807) is 36.6 Å². The lowest BCUT2D eigenvalue weighted by molar-refractivity contribution is 0.216. The van der Waals surface area contributed by atoms with Crippen molar-refractivity contribution in [2.24, 2.45) is 0 Å². The summed E-state index contributed by atoms with van der Waals surface area (Å²) < 4.78 is 32.9. The number of rotatable bonds is 6. The van der Waals surface area contributed by atoms with Gasteiger partial charge in [0.2, 0.25) is 10.0 Å². The molecule has 1 aromatic carbocycles. The Balaban J connectivity index is 1.74. The Morgan fingerprint density at radius 1 is 1.09 bits per heavy atom. The second kappa shape index (κ2) is 6.64. The molecule has 1 fully saturated rings. The van der Waals surface area contributed by atoms with E-state index in [0.29, 0.717) is 6.54 Å². The summed E-state index contributed by atoms with van der Waals surface area (Å²) in [6.45, 7) is 2.25. The standard InChI is InChI=1S/C16H20N2O3S/c19-22(20,14-7-2-1-3-8-14)17-13-15(16-9-6-12-21-16)18-10-4-5-11-18/h1-3,6-9,12,15,17H,4-5,10-11,13H2/t15-/m0/s1. The molecule has 2 heterocycles. The molecular formula is C16H20N2O3S. The van der Waals surface area contributed by atoms with Gasteiger partial charge < -0.3 is 4.42 Å². The van der Waals surface area contributed by atoms with E-state index in [2.05, 4.69) is 9.62 Å². The minimum Gasteiger partial charge on any atom is -0.468 e. The fourth-order valence-corrected chi connectivity index (χ4v) is 3.87. The van der Waals surface area contributed by atoms with Crippen molar-refractivity contribution >= 4 is 10.0 Å². The highest BCUT2D eigenvalue weighted by molar-refractivity contribution is 7.89. The smallest absolute Gasteiger partial charge is 0.240 e. The number of sulfonamides is 1. The maximum atomic E-state index is 12.4. The zero-order valence-electron chi connectivity index (χ0n) is 12.3. The lowest BCUT2D eigenvalue weighted by Crippen LogP contribution is -2.36. The first-order valence-electron chi connectivity index (χ1n) is 7.49. The number of furan rings is 1. The number of nitrogens with zero attached hydrogens (tertiary/aromatic N) is 1. The van der Waals surface area contributed by atoms with E-state index in [0.717, 1.165) is 31.7 Å². The largest absolute Gasteiger partial charge is 0.468 e. The molecule has 0 radical (unpaired) electrons. The van der Waals surface area contributed by atoms with Crippen LogP contribution in [0, 0.1) is 0 Å². The predicted molar refractivity (Wildman–Crippen MR) is 83.9 cm³/mol. The van der Waals surface area contributed by atoms with Crippen LogP contribution in [-0.2, 0) is 10.0 Å². The fraction of sp³-hybridized carbons (Fsp3) is 0.375. The van der Waals surface area contributed by atoms with Gasteiger partial charge in [-0.25, -0.2) is 13.1 Å². The first kappa shape index (κ1) is 15.3. The van der Waals surface area contributed by atoms with Crippen molar-refractivity contribution in [1.29, 1.82) is 0 Å². The van der Waals surface area contributed by atoms with E-state index in [9.17, 15) is 8.42 Å². The van der Waals surface area contributed by atoms with Crippen molar-refractivity contribution in [3.8, 4) is 0 Å². The molecular weight excluding hydrogens is 300 g/mol. The van der Waals surface area contributed by atoms with Crippen LogP contribution in [-0.4, -0.2) is 33.0 Å². The molecule has 0 amide bonds. The maximum absolute atomic E-state index is 12.4. The van der Waals surface area contributed by atoms with Crippen LogP contribution >= 0.6 is 0 Å². The molecule has 5 nitrogen and oxygen atoms in total. The quantitative estimate of drug-likeness (QED) is 0.888. The van der Waals surface area contributed by atoms with Crippen molar-refractivity contribution in [3.63, 3.8) is 0 Å². The van der Waals surface area contributed by atoms with Gasteiger partial charge in [0, 0.05) is 6.54 Å². The third kappa shape index (κ3) is 3.40. The van der Waals surface area contributed by atoms with Crippen molar-refractivity contribution in [1.82, 2.24) is 9.62 Å². The average molecular weight is 320 g/mol. The zero-order chi connectivity index (χ0) is 15.4. The minimum atomic E-state index is -3.49. The first-order valence-corrected chi connectivity index (χ1v) is 8.97. The van der Waals surface area contributed by atoms with Crippen LogP contribution in [0.5, 0.6) is 0 Å². The van der Waals surface area contributed by atoms with Crippen LogP contribution in [0.1, 0.15) is 24.6 Å². The van der Waals surface area contributed by atoms with Gasteiger partial charge in [0.1, 0.15) is 5.76 Å². The molecule has 1 N–H and O–H groups in total. The molecule has 0 unspecified atom stereocenters. The molecule has 2 aromatic rings. The van der Waals surface area contributed by atoms with Crippen molar-refractivity contribution < 1.29 is 12.8 Å². The number of hydrogen-bond donors (Lipinski definition) is 1. The number of nitrogens with one attached hydrogen (secondary N) is 1. The molecule has 0 bridgehead atoms. The summed E-state index contributed by atoms with van der Waals surface area (Å²) in [6, 6.07) is 12.1. The van der Waals surface area contributed by atoms with E-state index >= 15 is 0 Å². The lowest BCUT2D eigenvalue weighted by Gasteiger charge is -2.25. The molecule has 118 valence electrons. The average Bonchev–Trinajstić information content (AvgIpc) is 3.22. The number of hydrogen-bond acceptors (Lipinski definition) is 4.